The Balaban J connectivity index is 1.44. The van der Waals surface area contributed by atoms with Gasteiger partial charge in [0.1, 0.15) is 12.6 Å². The molecule has 0 bridgehead atoms. The first-order valence-electron chi connectivity index (χ1n) is 9.86. The minimum Gasteiger partial charge on any atom is -0.467 e. The summed E-state index contributed by atoms with van der Waals surface area (Å²) in [6, 6.07) is 18.9. The van der Waals surface area contributed by atoms with Gasteiger partial charge < -0.3 is 14.8 Å². The third-order valence-electron chi connectivity index (χ3n) is 5.32. The van der Waals surface area contributed by atoms with E-state index < -0.39 is 18.1 Å². The first-order valence-corrected chi connectivity index (χ1v) is 10.7. The normalized spacial score (nSPS) is 13.1. The van der Waals surface area contributed by atoms with Crippen LogP contribution >= 0.6 is 15.9 Å². The molecular formula is C24H21BrN2O4. The number of amides is 1. The van der Waals surface area contributed by atoms with Crippen LogP contribution in [-0.2, 0) is 20.7 Å². The number of rotatable bonds is 6. The van der Waals surface area contributed by atoms with Crippen molar-refractivity contribution >= 4 is 28.0 Å². The highest BCUT2D eigenvalue weighted by Gasteiger charge is 2.30. The van der Waals surface area contributed by atoms with Crippen LogP contribution in [0, 0.1) is 0 Å². The topological polar surface area (TPSA) is 77.5 Å². The van der Waals surface area contributed by atoms with Crippen LogP contribution in [0.5, 0.6) is 0 Å². The molecule has 158 valence electrons. The van der Waals surface area contributed by atoms with E-state index >= 15 is 0 Å². The second-order valence-electron chi connectivity index (χ2n) is 7.22. The highest BCUT2D eigenvalue weighted by molar-refractivity contribution is 9.10. The molecule has 3 aromatic rings. The van der Waals surface area contributed by atoms with Crippen LogP contribution < -0.4 is 5.32 Å². The average Bonchev–Trinajstić information content (AvgIpc) is 3.12. The zero-order valence-electron chi connectivity index (χ0n) is 16.9. The number of pyridine rings is 1. The molecule has 1 aliphatic carbocycles. The van der Waals surface area contributed by atoms with E-state index in [2.05, 4.69) is 50.5 Å². The van der Waals surface area contributed by atoms with Gasteiger partial charge in [-0.2, -0.15) is 0 Å². The number of aromatic nitrogens is 1. The minimum atomic E-state index is -0.894. The van der Waals surface area contributed by atoms with Gasteiger partial charge in [-0.3, -0.25) is 4.98 Å². The first-order chi connectivity index (χ1) is 15.1. The molecule has 7 heteroatoms. The van der Waals surface area contributed by atoms with Crippen molar-refractivity contribution < 1.29 is 19.1 Å². The fourth-order valence-corrected chi connectivity index (χ4v) is 4.09. The molecule has 0 aliphatic heterocycles. The Morgan fingerprint density at radius 2 is 1.68 bits per heavy atom. The standard InChI is InChI=1S/C24H21BrN2O4/c1-30-23(28)22(12-16-11-10-15(25)13-26-16)27-24(29)31-14-21-19-8-4-2-6-17(19)18-7-3-5-9-20(18)21/h2-11,13,21-22H,12,14H2,1H3,(H,27,29)/t22-/m0/s1. The number of ether oxygens (including phenoxy) is 2. The van der Waals surface area contributed by atoms with Gasteiger partial charge in [0.2, 0.25) is 0 Å². The molecule has 0 fully saturated rings. The number of carbonyl (C=O) groups excluding carboxylic acids is 2. The third-order valence-corrected chi connectivity index (χ3v) is 5.79. The van der Waals surface area contributed by atoms with Crippen molar-refractivity contribution in [3.8, 4) is 11.1 Å². The second-order valence-corrected chi connectivity index (χ2v) is 8.13. The van der Waals surface area contributed by atoms with Gasteiger partial charge in [0.05, 0.1) is 7.11 Å². The van der Waals surface area contributed by atoms with E-state index in [9.17, 15) is 9.59 Å². The number of fused-ring (bicyclic) bond motifs is 3. The molecule has 1 aromatic heterocycles. The average molecular weight is 481 g/mol. The van der Waals surface area contributed by atoms with Crippen LogP contribution in [0.4, 0.5) is 4.79 Å². The summed E-state index contributed by atoms with van der Waals surface area (Å²) in [5.74, 6) is -0.610. The molecule has 31 heavy (non-hydrogen) atoms. The number of alkyl carbamates (subject to hydrolysis) is 1. The Hall–Kier alpha value is -3.19. The quantitative estimate of drug-likeness (QED) is 0.526. The molecule has 0 unspecified atom stereocenters. The fourth-order valence-electron chi connectivity index (χ4n) is 3.85. The van der Waals surface area contributed by atoms with Crippen molar-refractivity contribution in [1.82, 2.24) is 10.3 Å². The van der Waals surface area contributed by atoms with Crippen molar-refractivity contribution in [3.05, 3.63) is 88.2 Å². The molecule has 2 aromatic carbocycles. The molecule has 1 aliphatic rings. The number of methoxy groups -OCH3 is 1. The molecule has 0 spiro atoms. The maximum Gasteiger partial charge on any atom is 0.407 e. The van der Waals surface area contributed by atoms with Gasteiger partial charge in [0.15, 0.2) is 0 Å². The zero-order chi connectivity index (χ0) is 21.8. The molecule has 4 rings (SSSR count). The summed E-state index contributed by atoms with van der Waals surface area (Å²) in [5, 5.41) is 2.62. The first kappa shape index (κ1) is 21.1. The summed E-state index contributed by atoms with van der Waals surface area (Å²) in [7, 11) is 1.28. The van der Waals surface area contributed by atoms with Crippen LogP contribution in [0.15, 0.2) is 71.3 Å². The van der Waals surface area contributed by atoms with E-state index in [1.165, 1.54) is 7.11 Å². The van der Waals surface area contributed by atoms with Crippen molar-refractivity contribution in [1.29, 1.82) is 0 Å². The Kier molecular flexibility index (Phi) is 6.32. The summed E-state index contributed by atoms with van der Waals surface area (Å²) in [6.07, 6.45) is 1.16. The van der Waals surface area contributed by atoms with Crippen LogP contribution in [0.1, 0.15) is 22.7 Å². The van der Waals surface area contributed by atoms with Crippen molar-refractivity contribution in [2.75, 3.05) is 13.7 Å². The van der Waals surface area contributed by atoms with Gasteiger partial charge in [0.25, 0.3) is 0 Å². The Labute approximate surface area is 188 Å². The zero-order valence-corrected chi connectivity index (χ0v) is 18.5. The molecular weight excluding hydrogens is 460 g/mol. The monoisotopic (exact) mass is 480 g/mol. The second kappa shape index (κ2) is 9.31. The number of nitrogens with zero attached hydrogens (tertiary/aromatic N) is 1. The van der Waals surface area contributed by atoms with Crippen LogP contribution in [-0.4, -0.2) is 36.8 Å². The molecule has 1 atom stereocenters. The molecule has 1 amide bonds. The highest BCUT2D eigenvalue weighted by atomic mass is 79.9. The van der Waals surface area contributed by atoms with Crippen molar-refractivity contribution in [3.63, 3.8) is 0 Å². The van der Waals surface area contributed by atoms with Crippen LogP contribution in [0.3, 0.4) is 0 Å². The minimum absolute atomic E-state index is 0.0529. The number of hydrogen-bond donors (Lipinski definition) is 1. The van der Waals surface area contributed by atoms with Crippen LogP contribution in [0.2, 0.25) is 0 Å². The van der Waals surface area contributed by atoms with Gasteiger partial charge in [-0.25, -0.2) is 9.59 Å². The Bertz CT molecular complexity index is 1060. The molecule has 0 saturated heterocycles. The number of benzene rings is 2. The lowest BCUT2D eigenvalue weighted by molar-refractivity contribution is -0.143. The third kappa shape index (κ3) is 4.61. The van der Waals surface area contributed by atoms with E-state index in [0.29, 0.717) is 5.69 Å². The summed E-state index contributed by atoms with van der Waals surface area (Å²) >= 11 is 3.33. The summed E-state index contributed by atoms with van der Waals surface area (Å²) in [4.78, 5) is 29.0. The van der Waals surface area contributed by atoms with E-state index in [1.807, 2.05) is 30.3 Å². The van der Waals surface area contributed by atoms with Gasteiger partial charge in [-0.05, 0) is 50.3 Å². The van der Waals surface area contributed by atoms with Crippen molar-refractivity contribution in [2.24, 2.45) is 0 Å². The number of nitrogens with one attached hydrogen (secondary N) is 1. The number of hydrogen-bond acceptors (Lipinski definition) is 5. The number of carbonyl (C=O) groups is 2. The predicted molar refractivity (Wildman–Crippen MR) is 120 cm³/mol. The van der Waals surface area contributed by atoms with E-state index in [1.54, 1.807) is 12.3 Å². The van der Waals surface area contributed by atoms with Crippen LogP contribution in [0.25, 0.3) is 11.1 Å². The molecule has 1 heterocycles. The highest BCUT2D eigenvalue weighted by Crippen LogP contribution is 2.44. The predicted octanol–water partition coefficient (Wildman–Crippen LogP) is 4.47. The van der Waals surface area contributed by atoms with Crippen molar-refractivity contribution in [2.45, 2.75) is 18.4 Å². The Morgan fingerprint density at radius 1 is 1.03 bits per heavy atom. The fraction of sp³-hybridized carbons (Fsp3) is 0.208. The largest absolute Gasteiger partial charge is 0.467 e. The maximum atomic E-state index is 12.5. The lowest BCUT2D eigenvalue weighted by Gasteiger charge is -2.18. The summed E-state index contributed by atoms with van der Waals surface area (Å²) in [5.41, 5.74) is 5.21. The number of esters is 1. The summed E-state index contributed by atoms with van der Waals surface area (Å²) in [6.45, 7) is 0.171. The van der Waals surface area contributed by atoms with E-state index in [4.69, 9.17) is 9.47 Å². The number of halogens is 1. The molecule has 0 radical (unpaired) electrons. The Morgan fingerprint density at radius 3 is 2.26 bits per heavy atom. The van der Waals surface area contributed by atoms with Gasteiger partial charge >= 0.3 is 12.1 Å². The van der Waals surface area contributed by atoms with Gasteiger partial charge in [-0.15, -0.1) is 0 Å². The lowest BCUT2D eigenvalue weighted by atomic mass is 9.98. The molecule has 6 nitrogen and oxygen atoms in total. The lowest BCUT2D eigenvalue weighted by Crippen LogP contribution is -2.43. The smallest absolute Gasteiger partial charge is 0.407 e. The summed E-state index contributed by atoms with van der Waals surface area (Å²) < 4.78 is 11.2. The van der Waals surface area contributed by atoms with E-state index in [-0.39, 0.29) is 18.9 Å². The van der Waals surface area contributed by atoms with Gasteiger partial charge in [0, 0.05) is 28.7 Å². The molecule has 0 saturated carbocycles. The molecule has 1 N–H and O–H groups in total. The van der Waals surface area contributed by atoms with E-state index in [0.717, 1.165) is 26.7 Å². The maximum absolute atomic E-state index is 12.5. The van der Waals surface area contributed by atoms with Gasteiger partial charge in [-0.1, -0.05) is 48.5 Å². The SMILES string of the molecule is COC(=O)[C@H](Cc1ccc(Br)cn1)NC(=O)OCC1c2ccccc2-c2ccccc21.